The van der Waals surface area contributed by atoms with Gasteiger partial charge in [0.2, 0.25) is 0 Å². The molecule has 0 N–H and O–H groups in total. The zero-order chi connectivity index (χ0) is 28.0. The lowest BCUT2D eigenvalue weighted by Gasteiger charge is -2.59. The molecule has 16 heteroatoms. The number of hydrogen-bond acceptors (Lipinski definition) is 2. The van der Waals surface area contributed by atoms with Gasteiger partial charge in [-0.15, -0.1) is 4.74 Å². The quantitative estimate of drug-likeness (QED) is 0.269. The molecule has 0 aromatic carbocycles. The van der Waals surface area contributed by atoms with Crippen LogP contribution < -0.4 is 0 Å². The standard InChI is InChI=1S/C20H38B10O2Si4/c1-10-11-14-17-33(2,3)31-34(4,5)18-26-29(24)20(28(22)23,30(25)27-21)36(8,9)32-35(6,7)19-15-12-13-16-19/h19H,12-13,15-16,18H2,1-9H3. The molecule has 1 saturated carbocycles. The minimum absolute atomic E-state index is 0.500. The predicted molar refractivity (Wildman–Crippen MR) is 181 cm³/mol. The first-order valence-corrected chi connectivity index (χ1v) is 25.1. The van der Waals surface area contributed by atoms with Crippen LogP contribution in [0, 0.1) is 23.3 Å². The van der Waals surface area contributed by atoms with E-state index in [1.807, 2.05) is 0 Å². The summed E-state index contributed by atoms with van der Waals surface area (Å²) in [6.07, 6.45) is 4.99. The summed E-state index contributed by atoms with van der Waals surface area (Å²) in [5.41, 5.74) is 3.87. The van der Waals surface area contributed by atoms with Crippen LogP contribution in [0.4, 0.5) is 0 Å². The van der Waals surface area contributed by atoms with Crippen LogP contribution in [0.1, 0.15) is 32.6 Å². The summed E-state index contributed by atoms with van der Waals surface area (Å²) in [5, 5.41) is 0. The molecule has 1 unspecified atom stereocenters. The molecule has 1 rings (SSSR count). The Balaban J connectivity index is 3.25. The topological polar surface area (TPSA) is 18.5 Å². The van der Waals surface area contributed by atoms with E-state index in [0.717, 1.165) is 0 Å². The maximum atomic E-state index is 7.17. The van der Waals surface area contributed by atoms with Crippen LogP contribution in [0.25, 0.3) is 0 Å². The molecule has 1 aliphatic carbocycles. The van der Waals surface area contributed by atoms with E-state index in [-0.39, 0.29) is 0 Å². The van der Waals surface area contributed by atoms with Crippen molar-refractivity contribution < 1.29 is 8.23 Å². The van der Waals surface area contributed by atoms with Crippen LogP contribution in [0.3, 0.4) is 0 Å². The highest BCUT2D eigenvalue weighted by Gasteiger charge is 2.57. The van der Waals surface area contributed by atoms with E-state index in [1.54, 1.807) is 6.92 Å². The third kappa shape index (κ3) is 8.78. The molecule has 0 heterocycles. The van der Waals surface area contributed by atoms with Crippen molar-refractivity contribution in [1.29, 1.82) is 0 Å². The fourth-order valence-corrected chi connectivity index (χ4v) is 24.4. The molecular weight excluding hydrogens is 493 g/mol. The molecule has 0 aromatic rings. The molecule has 36 heavy (non-hydrogen) atoms. The number of hydrogen-bond donors (Lipinski definition) is 0. The summed E-state index contributed by atoms with van der Waals surface area (Å²) < 4.78 is 12.9. The first-order valence-electron chi connectivity index (χ1n) is 13.1. The van der Waals surface area contributed by atoms with Crippen LogP contribution in [-0.2, 0) is 8.23 Å². The van der Waals surface area contributed by atoms with E-state index < -0.39 is 57.5 Å². The number of rotatable bonds is 13. The van der Waals surface area contributed by atoms with Gasteiger partial charge in [0.05, 0.1) is 7.17 Å². The molecule has 0 saturated heterocycles. The van der Waals surface area contributed by atoms with Crippen molar-refractivity contribution in [2.24, 2.45) is 0 Å². The van der Waals surface area contributed by atoms with Crippen LogP contribution in [0.5, 0.6) is 0 Å². The molecule has 0 amide bonds. The molecule has 0 spiro atoms. The van der Waals surface area contributed by atoms with Gasteiger partial charge in [0.25, 0.3) is 8.32 Å². The Morgan fingerprint density at radius 3 is 1.92 bits per heavy atom. The highest BCUT2D eigenvalue weighted by atomic mass is 28.4. The highest BCUT2D eigenvalue weighted by Crippen LogP contribution is 2.48. The lowest BCUT2D eigenvalue weighted by Crippen LogP contribution is -2.74. The van der Waals surface area contributed by atoms with Crippen molar-refractivity contribution >= 4 is 106 Å². The molecule has 1 aliphatic rings. The molecular formula is C20H38B10O2Si4. The van der Waals surface area contributed by atoms with Crippen molar-refractivity contribution in [2.75, 3.05) is 0 Å². The molecule has 1 atom stereocenters. The summed E-state index contributed by atoms with van der Waals surface area (Å²) in [6, 6.07) is 0. The van der Waals surface area contributed by atoms with Crippen molar-refractivity contribution in [3.63, 3.8) is 0 Å². The highest BCUT2D eigenvalue weighted by molar-refractivity contribution is 7.65. The molecule has 0 aliphatic heterocycles. The third-order valence-electron chi connectivity index (χ3n) is 7.71. The Morgan fingerprint density at radius 1 is 0.889 bits per heavy atom. The van der Waals surface area contributed by atoms with Gasteiger partial charge in [0.15, 0.2) is 25.0 Å². The smallest absolute Gasteiger partial charge is 0.257 e. The first kappa shape index (κ1) is 34.6. The van der Waals surface area contributed by atoms with Gasteiger partial charge in [-0.25, -0.2) is 0 Å². The minimum Gasteiger partial charge on any atom is -0.457 e. The van der Waals surface area contributed by atoms with Crippen molar-refractivity contribution in [1.82, 2.24) is 0 Å². The summed E-state index contributed by atoms with van der Waals surface area (Å²) in [6.45, 7) is 17.4. The SMILES string of the molecule is [B][B]B([B])C(B([B])[B])(B([B])[B]C[Si](C)(C)O[Si](C)(C)C#CC#CC)[Si](C)(C)O[Si](C)(C)C1CCCC1. The molecule has 0 aromatic heterocycles. The monoisotopic (exact) mass is 532 g/mol. The lowest BCUT2D eigenvalue weighted by molar-refractivity contribution is 0.512. The van der Waals surface area contributed by atoms with Gasteiger partial charge in [0, 0.05) is 65.2 Å². The van der Waals surface area contributed by atoms with Crippen LogP contribution >= 0.6 is 0 Å². The Bertz CT molecular complexity index is 847. The fraction of sp³-hybridized carbons (Fsp3) is 0.800. The van der Waals surface area contributed by atoms with Crippen LogP contribution in [0.15, 0.2) is 0 Å². The maximum Gasteiger partial charge on any atom is 0.257 e. The van der Waals surface area contributed by atoms with Gasteiger partial charge in [-0.2, -0.15) is 0 Å². The van der Waals surface area contributed by atoms with Gasteiger partial charge < -0.3 is 8.23 Å². The Labute approximate surface area is 237 Å². The summed E-state index contributed by atoms with van der Waals surface area (Å²) in [5.74, 6) is 9.27. The van der Waals surface area contributed by atoms with E-state index in [9.17, 15) is 0 Å². The van der Waals surface area contributed by atoms with E-state index in [2.05, 4.69) is 82.9 Å². The zero-order valence-electron chi connectivity index (χ0n) is 24.2. The lowest BCUT2D eigenvalue weighted by atomic mass is 8.79. The van der Waals surface area contributed by atoms with Gasteiger partial charge >= 0.3 is 0 Å². The van der Waals surface area contributed by atoms with Crippen molar-refractivity contribution in [2.45, 2.75) is 101 Å². The Morgan fingerprint density at radius 2 is 1.44 bits per heavy atom. The first-order chi connectivity index (χ1) is 16.4. The summed E-state index contributed by atoms with van der Waals surface area (Å²) in [4.78, 5) is 0. The van der Waals surface area contributed by atoms with Gasteiger partial charge in [-0.1, -0.05) is 43.1 Å². The second kappa shape index (κ2) is 13.8. The third-order valence-corrected chi connectivity index (χ3v) is 23.7. The maximum absolute atomic E-state index is 7.17. The van der Waals surface area contributed by atoms with E-state index in [1.165, 1.54) is 32.7 Å². The molecule has 2 nitrogen and oxygen atoms in total. The van der Waals surface area contributed by atoms with Crippen molar-refractivity contribution in [3.8, 4) is 23.3 Å². The van der Waals surface area contributed by atoms with Crippen molar-refractivity contribution in [3.05, 3.63) is 0 Å². The largest absolute Gasteiger partial charge is 0.457 e. The summed E-state index contributed by atoms with van der Waals surface area (Å²) in [7, 11) is 27.4. The van der Waals surface area contributed by atoms with Crippen LogP contribution in [0.2, 0.25) is 68.6 Å². The molecule has 176 valence electrons. The second-order valence-electron chi connectivity index (χ2n) is 12.3. The Hall–Kier alpha value is 0.557. The van der Waals surface area contributed by atoms with E-state index >= 15 is 0 Å². The van der Waals surface area contributed by atoms with Crippen LogP contribution in [-0.4, -0.2) is 106 Å². The zero-order valence-corrected chi connectivity index (χ0v) is 28.2. The normalized spacial score (nSPS) is 16.6. The van der Waals surface area contributed by atoms with Gasteiger partial charge in [-0.3, -0.25) is 0 Å². The second-order valence-corrected chi connectivity index (χ2v) is 29.1. The Kier molecular flexibility index (Phi) is 13.2. The molecule has 0 bridgehead atoms. The van der Waals surface area contributed by atoms with E-state index in [4.69, 9.17) is 46.9 Å². The van der Waals surface area contributed by atoms with E-state index in [0.29, 0.717) is 11.5 Å². The average Bonchev–Trinajstić information content (AvgIpc) is 3.26. The molecule has 1 fully saturated rings. The van der Waals surface area contributed by atoms with Gasteiger partial charge in [-0.05, 0) is 76.7 Å². The minimum atomic E-state index is -2.70. The fourth-order valence-electron chi connectivity index (χ4n) is 6.09. The average molecular weight is 531 g/mol. The molecule has 12 radical (unpaired) electrons. The van der Waals surface area contributed by atoms with Gasteiger partial charge in [0.1, 0.15) is 0 Å². The summed E-state index contributed by atoms with van der Waals surface area (Å²) >= 11 is 0. The predicted octanol–water partition coefficient (Wildman–Crippen LogP) is 2.30.